The van der Waals surface area contributed by atoms with E-state index in [9.17, 15) is 9.90 Å². The standard InChI is InChI=1S/C13H19ClN4O2/c1-13(5-3-2-4-9(13)19)7-16-12-8(11(15)20)6-10(14)17-18-12/h6,9,19H,2-5,7H2,1H3,(H2,15,20)(H,16,18). The van der Waals surface area contributed by atoms with Crippen molar-refractivity contribution < 1.29 is 9.90 Å². The number of nitrogens with zero attached hydrogens (tertiary/aromatic N) is 2. The number of hydrogen-bond acceptors (Lipinski definition) is 5. The van der Waals surface area contributed by atoms with Gasteiger partial charge in [-0.1, -0.05) is 31.4 Å². The lowest BCUT2D eigenvalue weighted by molar-refractivity contribution is 0.00957. The van der Waals surface area contributed by atoms with Gasteiger partial charge < -0.3 is 16.2 Å². The first-order valence-corrected chi connectivity index (χ1v) is 7.05. The zero-order valence-electron chi connectivity index (χ0n) is 11.4. The molecule has 1 amide bonds. The van der Waals surface area contributed by atoms with Crippen LogP contribution in [0.4, 0.5) is 5.82 Å². The maximum Gasteiger partial charge on any atom is 0.252 e. The highest BCUT2D eigenvalue weighted by Gasteiger charge is 2.35. The molecule has 4 N–H and O–H groups in total. The van der Waals surface area contributed by atoms with Crippen molar-refractivity contribution in [3.8, 4) is 0 Å². The Bertz CT molecular complexity index is 511. The van der Waals surface area contributed by atoms with Gasteiger partial charge in [0, 0.05) is 12.0 Å². The Morgan fingerprint density at radius 1 is 1.60 bits per heavy atom. The number of halogens is 1. The van der Waals surface area contributed by atoms with E-state index in [1.807, 2.05) is 6.92 Å². The smallest absolute Gasteiger partial charge is 0.252 e. The van der Waals surface area contributed by atoms with Crippen LogP contribution < -0.4 is 11.1 Å². The van der Waals surface area contributed by atoms with Crippen LogP contribution in [0.2, 0.25) is 5.15 Å². The molecule has 1 fully saturated rings. The third-order valence-corrected chi connectivity index (χ3v) is 4.15. The molecule has 1 heterocycles. The van der Waals surface area contributed by atoms with Crippen LogP contribution in [0.5, 0.6) is 0 Å². The van der Waals surface area contributed by atoms with Crippen LogP contribution in [0, 0.1) is 5.41 Å². The van der Waals surface area contributed by atoms with Gasteiger partial charge in [0.2, 0.25) is 0 Å². The topological polar surface area (TPSA) is 101 Å². The second-order valence-corrected chi connectivity index (χ2v) is 5.95. The predicted octanol–water partition coefficient (Wildman–Crippen LogP) is 1.58. The highest BCUT2D eigenvalue weighted by Crippen LogP contribution is 2.36. The number of carbonyl (C=O) groups excluding carboxylic acids is 1. The monoisotopic (exact) mass is 298 g/mol. The van der Waals surface area contributed by atoms with Gasteiger partial charge in [0.05, 0.1) is 11.7 Å². The van der Waals surface area contributed by atoms with Crippen LogP contribution in [-0.4, -0.2) is 33.9 Å². The number of carbonyl (C=O) groups is 1. The third-order valence-electron chi connectivity index (χ3n) is 3.97. The van der Waals surface area contributed by atoms with Gasteiger partial charge >= 0.3 is 0 Å². The molecular formula is C13H19ClN4O2. The lowest BCUT2D eigenvalue weighted by Crippen LogP contribution is -2.41. The molecule has 1 aliphatic rings. The molecule has 6 nitrogen and oxygen atoms in total. The fourth-order valence-corrected chi connectivity index (χ4v) is 2.71. The van der Waals surface area contributed by atoms with E-state index in [-0.39, 0.29) is 22.2 Å². The number of hydrogen-bond donors (Lipinski definition) is 3. The van der Waals surface area contributed by atoms with E-state index in [1.165, 1.54) is 6.07 Å². The highest BCUT2D eigenvalue weighted by atomic mass is 35.5. The number of amides is 1. The van der Waals surface area contributed by atoms with Crippen molar-refractivity contribution >= 4 is 23.3 Å². The maximum absolute atomic E-state index is 11.4. The van der Waals surface area contributed by atoms with Gasteiger partial charge in [-0.3, -0.25) is 4.79 Å². The Kier molecular flexibility index (Phi) is 4.45. The Morgan fingerprint density at radius 3 is 3.00 bits per heavy atom. The summed E-state index contributed by atoms with van der Waals surface area (Å²) in [7, 11) is 0. The Morgan fingerprint density at radius 2 is 2.35 bits per heavy atom. The largest absolute Gasteiger partial charge is 0.392 e. The summed E-state index contributed by atoms with van der Waals surface area (Å²) in [5, 5.41) is 20.9. The van der Waals surface area contributed by atoms with E-state index < -0.39 is 5.91 Å². The van der Waals surface area contributed by atoms with E-state index in [1.54, 1.807) is 0 Å². The van der Waals surface area contributed by atoms with Gasteiger partial charge in [0.25, 0.3) is 5.91 Å². The molecule has 2 rings (SSSR count). The van der Waals surface area contributed by atoms with Crippen molar-refractivity contribution in [2.75, 3.05) is 11.9 Å². The van der Waals surface area contributed by atoms with Crippen molar-refractivity contribution in [1.82, 2.24) is 10.2 Å². The zero-order valence-corrected chi connectivity index (χ0v) is 12.2. The van der Waals surface area contributed by atoms with Crippen molar-refractivity contribution in [2.24, 2.45) is 11.1 Å². The Labute approximate surface area is 122 Å². The minimum Gasteiger partial charge on any atom is -0.392 e. The molecule has 1 saturated carbocycles. The molecule has 1 aromatic rings. The second-order valence-electron chi connectivity index (χ2n) is 5.56. The zero-order chi connectivity index (χ0) is 14.8. The molecule has 0 bridgehead atoms. The number of anilines is 1. The average Bonchev–Trinajstić information content (AvgIpc) is 2.41. The molecule has 2 atom stereocenters. The summed E-state index contributed by atoms with van der Waals surface area (Å²) in [5.41, 5.74) is 5.26. The van der Waals surface area contributed by atoms with Gasteiger partial charge in [-0.05, 0) is 18.9 Å². The normalized spacial score (nSPS) is 26.2. The summed E-state index contributed by atoms with van der Waals surface area (Å²) in [4.78, 5) is 11.4. The molecular weight excluding hydrogens is 280 g/mol. The summed E-state index contributed by atoms with van der Waals surface area (Å²) in [6.07, 6.45) is 3.50. The second kappa shape index (κ2) is 5.93. The molecule has 0 aromatic carbocycles. The Balaban J connectivity index is 2.12. The predicted molar refractivity (Wildman–Crippen MR) is 76.6 cm³/mol. The van der Waals surface area contributed by atoms with Crippen LogP contribution in [0.1, 0.15) is 43.0 Å². The van der Waals surface area contributed by atoms with E-state index >= 15 is 0 Å². The fourth-order valence-electron chi connectivity index (χ4n) is 2.56. The van der Waals surface area contributed by atoms with E-state index in [4.69, 9.17) is 17.3 Å². The number of aromatic nitrogens is 2. The first-order valence-electron chi connectivity index (χ1n) is 6.67. The third kappa shape index (κ3) is 3.19. The van der Waals surface area contributed by atoms with E-state index in [0.717, 1.165) is 25.7 Å². The molecule has 7 heteroatoms. The van der Waals surface area contributed by atoms with Crippen molar-refractivity contribution in [2.45, 2.75) is 38.7 Å². The van der Waals surface area contributed by atoms with Crippen LogP contribution >= 0.6 is 11.6 Å². The van der Waals surface area contributed by atoms with Crippen molar-refractivity contribution in [3.05, 3.63) is 16.8 Å². The van der Waals surface area contributed by atoms with Crippen LogP contribution in [0.15, 0.2) is 6.07 Å². The summed E-state index contributed by atoms with van der Waals surface area (Å²) in [6.45, 7) is 2.53. The molecule has 0 aliphatic heterocycles. The minimum absolute atomic E-state index is 0.119. The highest BCUT2D eigenvalue weighted by molar-refractivity contribution is 6.29. The van der Waals surface area contributed by atoms with Gasteiger partial charge in [-0.25, -0.2) is 0 Å². The SMILES string of the molecule is CC1(CNc2nnc(Cl)cc2C(N)=O)CCCCC1O. The summed E-state index contributed by atoms with van der Waals surface area (Å²) in [6, 6.07) is 1.39. The minimum atomic E-state index is -0.612. The van der Waals surface area contributed by atoms with Gasteiger partial charge in [-0.2, -0.15) is 0 Å². The van der Waals surface area contributed by atoms with E-state index in [0.29, 0.717) is 12.4 Å². The molecule has 110 valence electrons. The molecule has 0 radical (unpaired) electrons. The average molecular weight is 299 g/mol. The van der Waals surface area contributed by atoms with Gasteiger partial charge in [0.15, 0.2) is 11.0 Å². The van der Waals surface area contributed by atoms with Crippen LogP contribution in [0.25, 0.3) is 0 Å². The quantitative estimate of drug-likeness (QED) is 0.783. The number of nitrogens with two attached hydrogens (primary N) is 1. The summed E-state index contributed by atoms with van der Waals surface area (Å²) in [5.74, 6) is -0.306. The summed E-state index contributed by atoms with van der Waals surface area (Å²) >= 11 is 5.71. The fraction of sp³-hybridized carbons (Fsp3) is 0.615. The number of rotatable bonds is 4. The van der Waals surface area contributed by atoms with Crippen molar-refractivity contribution in [1.29, 1.82) is 0 Å². The lowest BCUT2D eigenvalue weighted by atomic mass is 9.73. The number of nitrogens with one attached hydrogen (secondary N) is 1. The Hall–Kier alpha value is -1.40. The molecule has 1 aromatic heterocycles. The maximum atomic E-state index is 11.4. The molecule has 20 heavy (non-hydrogen) atoms. The first kappa shape index (κ1) is 15.0. The van der Waals surface area contributed by atoms with Crippen LogP contribution in [-0.2, 0) is 0 Å². The molecule has 1 aliphatic carbocycles. The van der Waals surface area contributed by atoms with Crippen LogP contribution in [0.3, 0.4) is 0 Å². The number of primary amides is 1. The molecule has 2 unspecified atom stereocenters. The lowest BCUT2D eigenvalue weighted by Gasteiger charge is -2.38. The molecule has 0 saturated heterocycles. The number of aliphatic hydroxyl groups excluding tert-OH is 1. The van der Waals surface area contributed by atoms with Crippen molar-refractivity contribution in [3.63, 3.8) is 0 Å². The van der Waals surface area contributed by atoms with Gasteiger partial charge in [0.1, 0.15) is 0 Å². The van der Waals surface area contributed by atoms with E-state index in [2.05, 4.69) is 15.5 Å². The summed E-state index contributed by atoms with van der Waals surface area (Å²) < 4.78 is 0. The number of aliphatic hydroxyl groups is 1. The van der Waals surface area contributed by atoms with Gasteiger partial charge in [-0.15, -0.1) is 10.2 Å². The molecule has 0 spiro atoms. The first-order chi connectivity index (χ1) is 9.42.